The number of halogens is 2. The van der Waals surface area contributed by atoms with Gasteiger partial charge in [-0.2, -0.15) is 0 Å². The molecular formula is C13H18BrClN2O2. The number of ether oxygens (including phenoxy) is 1. The molecule has 1 amide bonds. The third-order valence-corrected chi connectivity index (χ3v) is 3.66. The normalized spacial score (nSPS) is 15.3. The molecule has 1 unspecified atom stereocenters. The molecule has 1 aliphatic carbocycles. The van der Waals surface area contributed by atoms with Gasteiger partial charge in [0.05, 0.1) is 12.7 Å². The number of carbonyl (C=O) groups excluding carboxylic acids is 1. The van der Waals surface area contributed by atoms with Gasteiger partial charge in [-0.25, -0.2) is 0 Å². The van der Waals surface area contributed by atoms with Gasteiger partial charge in [-0.15, -0.1) is 12.4 Å². The number of methoxy groups -OCH3 is 1. The van der Waals surface area contributed by atoms with Crippen LogP contribution in [0.4, 0.5) is 0 Å². The first kappa shape index (κ1) is 16.3. The topological polar surface area (TPSA) is 64.3 Å². The lowest BCUT2D eigenvalue weighted by Crippen LogP contribution is -2.41. The van der Waals surface area contributed by atoms with E-state index in [0.717, 1.165) is 17.3 Å². The highest BCUT2D eigenvalue weighted by Crippen LogP contribution is 2.32. The molecule has 4 nitrogen and oxygen atoms in total. The van der Waals surface area contributed by atoms with Crippen LogP contribution in [0.2, 0.25) is 0 Å². The van der Waals surface area contributed by atoms with Crippen molar-refractivity contribution < 1.29 is 9.53 Å². The molecule has 1 fully saturated rings. The van der Waals surface area contributed by atoms with Crippen LogP contribution in [0, 0.1) is 5.92 Å². The highest BCUT2D eigenvalue weighted by atomic mass is 79.9. The lowest BCUT2D eigenvalue weighted by Gasteiger charge is -2.17. The maximum absolute atomic E-state index is 12.2. The minimum Gasteiger partial charge on any atom is -0.496 e. The smallest absolute Gasteiger partial charge is 0.255 e. The zero-order valence-electron chi connectivity index (χ0n) is 10.7. The Morgan fingerprint density at radius 2 is 2.26 bits per heavy atom. The molecule has 1 aliphatic rings. The van der Waals surface area contributed by atoms with E-state index in [1.165, 1.54) is 0 Å². The zero-order valence-corrected chi connectivity index (χ0v) is 13.1. The minimum atomic E-state index is -0.123. The van der Waals surface area contributed by atoms with E-state index in [9.17, 15) is 4.79 Å². The predicted molar refractivity (Wildman–Crippen MR) is 81.0 cm³/mol. The van der Waals surface area contributed by atoms with Crippen molar-refractivity contribution in [2.75, 3.05) is 13.7 Å². The maximum atomic E-state index is 12.2. The Morgan fingerprint density at radius 1 is 1.58 bits per heavy atom. The van der Waals surface area contributed by atoms with E-state index in [1.807, 2.05) is 6.07 Å². The van der Waals surface area contributed by atoms with Crippen molar-refractivity contribution >= 4 is 34.2 Å². The number of rotatable bonds is 5. The molecule has 1 atom stereocenters. The van der Waals surface area contributed by atoms with Crippen molar-refractivity contribution in [3.05, 3.63) is 28.2 Å². The first-order valence-corrected chi connectivity index (χ1v) is 6.79. The Balaban J connectivity index is 0.00000180. The lowest BCUT2D eigenvalue weighted by atomic mass is 10.1. The second-order valence-corrected chi connectivity index (χ2v) is 5.41. The van der Waals surface area contributed by atoms with Crippen molar-refractivity contribution in [1.29, 1.82) is 0 Å². The van der Waals surface area contributed by atoms with Gasteiger partial charge in [-0.3, -0.25) is 4.79 Å². The van der Waals surface area contributed by atoms with Gasteiger partial charge in [-0.05, 0) is 37.0 Å². The van der Waals surface area contributed by atoms with Gasteiger partial charge >= 0.3 is 0 Å². The van der Waals surface area contributed by atoms with Gasteiger partial charge in [0.25, 0.3) is 5.91 Å². The molecule has 106 valence electrons. The summed E-state index contributed by atoms with van der Waals surface area (Å²) in [6.07, 6.45) is 2.30. The van der Waals surface area contributed by atoms with Crippen molar-refractivity contribution in [1.82, 2.24) is 5.32 Å². The maximum Gasteiger partial charge on any atom is 0.255 e. The number of nitrogens with one attached hydrogen (secondary N) is 1. The van der Waals surface area contributed by atoms with Crippen LogP contribution in [0.5, 0.6) is 5.75 Å². The zero-order chi connectivity index (χ0) is 13.1. The largest absolute Gasteiger partial charge is 0.496 e. The number of benzene rings is 1. The molecule has 0 aromatic heterocycles. The summed E-state index contributed by atoms with van der Waals surface area (Å²) in [5.74, 6) is 0.982. The standard InChI is InChI=1S/C13H17BrN2O2.ClH/c1-18-12-6-9(14)4-5-10(12)13(17)16-11(7-15)8-2-3-8;/h4-6,8,11H,2-3,7,15H2,1H3,(H,16,17);1H. The van der Waals surface area contributed by atoms with Crippen molar-refractivity contribution in [3.63, 3.8) is 0 Å². The fraction of sp³-hybridized carbons (Fsp3) is 0.462. The monoisotopic (exact) mass is 348 g/mol. The fourth-order valence-electron chi connectivity index (χ4n) is 1.97. The third-order valence-electron chi connectivity index (χ3n) is 3.17. The molecule has 0 spiro atoms. The van der Waals surface area contributed by atoms with Gasteiger partial charge in [0.2, 0.25) is 0 Å². The lowest BCUT2D eigenvalue weighted by molar-refractivity contribution is 0.0930. The van der Waals surface area contributed by atoms with Crippen LogP contribution in [0.25, 0.3) is 0 Å². The summed E-state index contributed by atoms with van der Waals surface area (Å²) in [4.78, 5) is 12.2. The van der Waals surface area contributed by atoms with E-state index in [0.29, 0.717) is 23.8 Å². The van der Waals surface area contributed by atoms with E-state index in [2.05, 4.69) is 21.2 Å². The van der Waals surface area contributed by atoms with Gasteiger partial charge in [0.1, 0.15) is 5.75 Å². The average Bonchev–Trinajstić information content (AvgIpc) is 3.19. The quantitative estimate of drug-likeness (QED) is 0.857. The molecule has 19 heavy (non-hydrogen) atoms. The molecule has 0 heterocycles. The molecule has 2 rings (SSSR count). The van der Waals surface area contributed by atoms with Crippen LogP contribution in [0.3, 0.4) is 0 Å². The second kappa shape index (κ2) is 7.12. The van der Waals surface area contributed by atoms with Crippen molar-refractivity contribution in [3.8, 4) is 5.75 Å². The molecule has 1 aromatic carbocycles. The molecule has 1 saturated carbocycles. The summed E-state index contributed by atoms with van der Waals surface area (Å²) in [6, 6.07) is 5.43. The number of carbonyl (C=O) groups is 1. The van der Waals surface area contributed by atoms with Crippen molar-refractivity contribution in [2.45, 2.75) is 18.9 Å². The summed E-state index contributed by atoms with van der Waals surface area (Å²) >= 11 is 3.35. The van der Waals surface area contributed by atoms with Crippen LogP contribution in [-0.2, 0) is 0 Å². The van der Waals surface area contributed by atoms with Gasteiger partial charge in [-0.1, -0.05) is 15.9 Å². The Bertz CT molecular complexity index is 452. The summed E-state index contributed by atoms with van der Waals surface area (Å²) in [6.45, 7) is 0.481. The van der Waals surface area contributed by atoms with Crippen LogP contribution in [0.1, 0.15) is 23.2 Å². The Labute approximate surface area is 127 Å². The first-order valence-electron chi connectivity index (χ1n) is 6.00. The number of hydrogen-bond acceptors (Lipinski definition) is 3. The van der Waals surface area contributed by atoms with E-state index < -0.39 is 0 Å². The van der Waals surface area contributed by atoms with E-state index in [-0.39, 0.29) is 24.4 Å². The molecule has 0 bridgehead atoms. The van der Waals surface area contributed by atoms with Crippen LogP contribution < -0.4 is 15.8 Å². The van der Waals surface area contributed by atoms with E-state index in [4.69, 9.17) is 10.5 Å². The molecule has 0 radical (unpaired) electrons. The Kier molecular flexibility index (Phi) is 6.10. The van der Waals surface area contributed by atoms with Crippen molar-refractivity contribution in [2.24, 2.45) is 11.7 Å². The number of nitrogens with two attached hydrogens (primary N) is 1. The van der Waals surface area contributed by atoms with E-state index >= 15 is 0 Å². The molecule has 0 saturated heterocycles. The van der Waals surface area contributed by atoms with Crippen LogP contribution in [-0.4, -0.2) is 25.6 Å². The molecule has 3 N–H and O–H groups in total. The SMILES string of the molecule is COc1cc(Br)ccc1C(=O)NC(CN)C1CC1.Cl. The summed E-state index contributed by atoms with van der Waals surface area (Å²) < 4.78 is 6.10. The molecule has 1 aromatic rings. The van der Waals surface area contributed by atoms with Gasteiger partial charge in [0, 0.05) is 17.1 Å². The first-order chi connectivity index (χ1) is 8.65. The summed E-state index contributed by atoms with van der Waals surface area (Å²) in [5.41, 5.74) is 6.22. The Hall–Kier alpha value is -0.780. The third kappa shape index (κ3) is 4.09. The predicted octanol–water partition coefficient (Wildman–Crippen LogP) is 2.35. The highest BCUT2D eigenvalue weighted by Gasteiger charge is 2.31. The molecule has 6 heteroatoms. The number of hydrogen-bond donors (Lipinski definition) is 2. The highest BCUT2D eigenvalue weighted by molar-refractivity contribution is 9.10. The van der Waals surface area contributed by atoms with E-state index in [1.54, 1.807) is 19.2 Å². The molecular weight excluding hydrogens is 332 g/mol. The summed E-state index contributed by atoms with van der Waals surface area (Å²) in [7, 11) is 1.56. The summed E-state index contributed by atoms with van der Waals surface area (Å²) in [5, 5.41) is 2.98. The van der Waals surface area contributed by atoms with Gasteiger partial charge in [0.15, 0.2) is 0 Å². The fourth-order valence-corrected chi connectivity index (χ4v) is 2.31. The van der Waals surface area contributed by atoms with Crippen LogP contribution in [0.15, 0.2) is 22.7 Å². The average molecular weight is 350 g/mol. The number of amides is 1. The second-order valence-electron chi connectivity index (χ2n) is 4.50. The van der Waals surface area contributed by atoms with Gasteiger partial charge < -0.3 is 15.8 Å². The molecule has 0 aliphatic heterocycles. The minimum absolute atomic E-state index is 0. The van der Waals surface area contributed by atoms with Crippen LogP contribution >= 0.6 is 28.3 Å². The Morgan fingerprint density at radius 3 is 2.79 bits per heavy atom.